The van der Waals surface area contributed by atoms with E-state index in [-0.39, 0.29) is 17.1 Å². The Morgan fingerprint density at radius 1 is 1.57 bits per heavy atom. The maximum Gasteiger partial charge on any atom is 0.356 e. The van der Waals surface area contributed by atoms with Crippen molar-refractivity contribution in [3.63, 3.8) is 0 Å². The number of carboxylic acids is 1. The maximum absolute atomic E-state index is 12.1. The van der Waals surface area contributed by atoms with E-state index >= 15 is 0 Å². The second-order valence-electron chi connectivity index (χ2n) is 4.17. The van der Waals surface area contributed by atoms with E-state index in [1.165, 1.54) is 28.4 Å². The molecule has 0 radical (unpaired) electrons. The van der Waals surface area contributed by atoms with E-state index < -0.39 is 16.0 Å². The number of aromatic nitrogens is 2. The number of thiophene rings is 1. The smallest absolute Gasteiger partial charge is 0.356 e. The van der Waals surface area contributed by atoms with Gasteiger partial charge in [-0.15, -0.1) is 11.3 Å². The molecule has 21 heavy (non-hydrogen) atoms. The highest BCUT2D eigenvalue weighted by atomic mass is 79.9. The monoisotopic (exact) mass is 393 g/mol. The lowest BCUT2D eigenvalue weighted by Crippen LogP contribution is -2.27. The number of aryl methyl sites for hydroxylation is 1. The molecule has 2 aromatic heterocycles. The molecule has 0 fully saturated rings. The van der Waals surface area contributed by atoms with Gasteiger partial charge in [-0.25, -0.2) is 22.9 Å². The Balaban J connectivity index is 1.99. The van der Waals surface area contributed by atoms with E-state index in [9.17, 15) is 13.2 Å². The highest BCUT2D eigenvalue weighted by Crippen LogP contribution is 2.29. The first-order valence-corrected chi connectivity index (χ1v) is 8.89. The largest absolute Gasteiger partial charge is 0.476 e. The number of hydrogen-bond acceptors (Lipinski definition) is 5. The fourth-order valence-corrected chi connectivity index (χ4v) is 5.11. The molecule has 0 bridgehead atoms. The first-order valence-electron chi connectivity index (χ1n) is 5.80. The van der Waals surface area contributed by atoms with Crippen LogP contribution in [0.15, 0.2) is 27.3 Å². The summed E-state index contributed by atoms with van der Waals surface area (Å²) in [6.07, 6.45) is 2.70. The van der Waals surface area contributed by atoms with Crippen molar-refractivity contribution in [2.45, 2.75) is 18.4 Å². The fourth-order valence-electron chi connectivity index (χ4n) is 1.68. The molecule has 114 valence electrons. The van der Waals surface area contributed by atoms with Gasteiger partial charge < -0.3 is 9.67 Å². The van der Waals surface area contributed by atoms with Gasteiger partial charge in [0, 0.05) is 24.2 Å². The number of nitrogens with zero attached hydrogens (tertiary/aromatic N) is 2. The normalized spacial score (nSPS) is 11.7. The molecule has 2 N–H and O–H groups in total. The zero-order valence-corrected chi connectivity index (χ0v) is 14.1. The molecule has 0 saturated carbocycles. The lowest BCUT2D eigenvalue weighted by atomic mass is 10.5. The van der Waals surface area contributed by atoms with Gasteiger partial charge in [0.2, 0.25) is 10.0 Å². The summed E-state index contributed by atoms with van der Waals surface area (Å²) in [6.45, 7) is 2.17. The number of hydrogen-bond donors (Lipinski definition) is 2. The molecule has 0 saturated heterocycles. The molecule has 10 heteroatoms. The Hall–Kier alpha value is -1.23. The van der Waals surface area contributed by atoms with Crippen molar-refractivity contribution in [1.82, 2.24) is 14.3 Å². The number of rotatable bonds is 6. The lowest BCUT2D eigenvalue weighted by Gasteiger charge is -2.06. The third-order valence-electron chi connectivity index (χ3n) is 2.65. The number of halogens is 1. The van der Waals surface area contributed by atoms with Gasteiger partial charge in [0.15, 0.2) is 5.69 Å². The molecule has 2 aromatic rings. The van der Waals surface area contributed by atoms with Crippen molar-refractivity contribution in [1.29, 1.82) is 0 Å². The molecule has 0 aliphatic heterocycles. The van der Waals surface area contributed by atoms with E-state index in [0.717, 1.165) is 3.79 Å². The fraction of sp³-hybridized carbons (Fsp3) is 0.273. The molecule has 0 aliphatic carbocycles. The van der Waals surface area contributed by atoms with E-state index in [4.69, 9.17) is 5.11 Å². The van der Waals surface area contributed by atoms with Crippen molar-refractivity contribution in [3.05, 3.63) is 32.9 Å². The summed E-state index contributed by atoms with van der Waals surface area (Å²) >= 11 is 4.60. The van der Waals surface area contributed by atoms with Crippen molar-refractivity contribution >= 4 is 43.3 Å². The van der Waals surface area contributed by atoms with E-state index in [2.05, 4.69) is 25.6 Å². The molecule has 2 heterocycles. The SMILES string of the molecule is Cc1sc(Br)cc1S(=O)(=O)NCCn1cnc(C(=O)O)c1. The maximum atomic E-state index is 12.1. The third kappa shape index (κ3) is 3.90. The summed E-state index contributed by atoms with van der Waals surface area (Å²) in [4.78, 5) is 15.3. The van der Waals surface area contributed by atoms with Crippen LogP contribution in [0.1, 0.15) is 15.4 Å². The Bertz CT molecular complexity index is 766. The van der Waals surface area contributed by atoms with Crippen LogP contribution in [0.25, 0.3) is 0 Å². The molecule has 0 aliphatic rings. The molecular formula is C11H12BrN3O4S2. The van der Waals surface area contributed by atoms with Crippen LogP contribution in [0.4, 0.5) is 0 Å². The standard InChI is InChI=1S/C11H12BrN3O4S2/c1-7-9(4-10(12)20-7)21(18,19)14-2-3-15-5-8(11(16)17)13-6-15/h4-6,14H,2-3H2,1H3,(H,16,17). The Labute approximate surface area is 133 Å². The molecule has 0 amide bonds. The van der Waals surface area contributed by atoms with Crippen molar-refractivity contribution < 1.29 is 18.3 Å². The quantitative estimate of drug-likeness (QED) is 0.777. The molecular weight excluding hydrogens is 382 g/mol. The average molecular weight is 394 g/mol. The molecule has 0 atom stereocenters. The van der Waals surface area contributed by atoms with Gasteiger partial charge in [0.25, 0.3) is 0 Å². The topological polar surface area (TPSA) is 101 Å². The van der Waals surface area contributed by atoms with E-state index in [0.29, 0.717) is 11.4 Å². The predicted molar refractivity (Wildman–Crippen MR) is 81.1 cm³/mol. The van der Waals surface area contributed by atoms with Gasteiger partial charge in [-0.2, -0.15) is 0 Å². The minimum atomic E-state index is -3.57. The van der Waals surface area contributed by atoms with Crippen LogP contribution >= 0.6 is 27.3 Å². The van der Waals surface area contributed by atoms with Crippen LogP contribution in [0.2, 0.25) is 0 Å². The summed E-state index contributed by atoms with van der Waals surface area (Å²) in [5.41, 5.74) is -0.0736. The highest BCUT2D eigenvalue weighted by molar-refractivity contribution is 9.11. The number of sulfonamides is 1. The number of carboxylic acid groups (broad SMARTS) is 1. The first kappa shape index (κ1) is 16.1. The van der Waals surface area contributed by atoms with E-state index in [1.54, 1.807) is 13.0 Å². The van der Waals surface area contributed by atoms with Crippen molar-refractivity contribution in [2.24, 2.45) is 0 Å². The van der Waals surface area contributed by atoms with Gasteiger partial charge in [0.05, 0.1) is 15.0 Å². The van der Waals surface area contributed by atoms with Crippen LogP contribution < -0.4 is 4.72 Å². The van der Waals surface area contributed by atoms with Gasteiger partial charge in [0.1, 0.15) is 0 Å². The zero-order chi connectivity index (χ0) is 15.6. The predicted octanol–water partition coefficient (Wildman–Crippen LogP) is 1.69. The van der Waals surface area contributed by atoms with Gasteiger partial charge in [-0.05, 0) is 28.9 Å². The Morgan fingerprint density at radius 2 is 2.29 bits per heavy atom. The number of nitrogens with one attached hydrogen (secondary N) is 1. The second kappa shape index (κ2) is 6.26. The van der Waals surface area contributed by atoms with Crippen LogP contribution in [-0.4, -0.2) is 35.6 Å². The zero-order valence-electron chi connectivity index (χ0n) is 10.9. The van der Waals surface area contributed by atoms with Gasteiger partial charge in [-0.1, -0.05) is 0 Å². The molecule has 0 spiro atoms. The molecule has 2 rings (SSSR count). The summed E-state index contributed by atoms with van der Waals surface area (Å²) in [6, 6.07) is 1.56. The Kier molecular flexibility index (Phi) is 4.81. The summed E-state index contributed by atoms with van der Waals surface area (Å²) in [5.74, 6) is -1.12. The molecule has 7 nitrogen and oxygen atoms in total. The summed E-state index contributed by atoms with van der Waals surface area (Å²) in [7, 11) is -3.57. The van der Waals surface area contributed by atoms with Crippen molar-refractivity contribution in [2.75, 3.05) is 6.54 Å². The van der Waals surface area contributed by atoms with Crippen LogP contribution in [0.5, 0.6) is 0 Å². The minimum Gasteiger partial charge on any atom is -0.476 e. The number of carbonyl (C=O) groups is 1. The van der Waals surface area contributed by atoms with Gasteiger partial charge in [-0.3, -0.25) is 0 Å². The van der Waals surface area contributed by atoms with Crippen LogP contribution in [0, 0.1) is 6.92 Å². The molecule has 0 aromatic carbocycles. The summed E-state index contributed by atoms with van der Waals surface area (Å²) < 4.78 is 29.0. The second-order valence-corrected chi connectivity index (χ2v) is 8.54. The lowest BCUT2D eigenvalue weighted by molar-refractivity contribution is 0.0691. The van der Waals surface area contributed by atoms with Crippen LogP contribution in [0.3, 0.4) is 0 Å². The van der Waals surface area contributed by atoms with Crippen LogP contribution in [-0.2, 0) is 16.6 Å². The third-order valence-corrected chi connectivity index (χ3v) is 5.92. The summed E-state index contributed by atoms with van der Waals surface area (Å²) in [5, 5.41) is 8.74. The minimum absolute atomic E-state index is 0.0736. The number of aromatic carboxylic acids is 1. The highest BCUT2D eigenvalue weighted by Gasteiger charge is 2.19. The molecule has 0 unspecified atom stereocenters. The Morgan fingerprint density at radius 3 is 2.81 bits per heavy atom. The van der Waals surface area contributed by atoms with Crippen molar-refractivity contribution in [3.8, 4) is 0 Å². The average Bonchev–Trinajstić information content (AvgIpc) is 2.96. The first-order chi connectivity index (χ1) is 9.79. The van der Waals surface area contributed by atoms with E-state index in [1.807, 2.05) is 0 Å². The number of imidazole rings is 1. The van der Waals surface area contributed by atoms with Gasteiger partial charge >= 0.3 is 5.97 Å².